The summed E-state index contributed by atoms with van der Waals surface area (Å²) >= 11 is 2.94. The fourth-order valence-corrected chi connectivity index (χ4v) is 4.77. The number of aromatic nitrogens is 2. The zero-order valence-corrected chi connectivity index (χ0v) is 17.7. The summed E-state index contributed by atoms with van der Waals surface area (Å²) in [6, 6.07) is 20.1. The molecule has 0 spiro atoms. The summed E-state index contributed by atoms with van der Waals surface area (Å²) in [7, 11) is 0. The molecule has 3 rings (SSSR count). The first-order valence-corrected chi connectivity index (χ1v) is 11.0. The smallest absolute Gasteiger partial charge is 0.240 e. The number of thioether (sulfide) groups is 1. The first kappa shape index (κ1) is 20.4. The molecule has 0 bridgehead atoms. The maximum atomic E-state index is 12.9. The van der Waals surface area contributed by atoms with Gasteiger partial charge in [-0.3, -0.25) is 4.79 Å². The van der Waals surface area contributed by atoms with Gasteiger partial charge in [0.05, 0.1) is 5.25 Å². The standard InChI is InChI=1S/C21H24N4OS2/c1-3-25(18-12-8-5-9-13-18)19(26)16(2)27-21-24-23-20(28-21)22-15-14-17-10-6-4-7-11-17/h4-13,16H,3,14-15H2,1-2H3,(H,22,23). The molecule has 1 aromatic heterocycles. The number of hydrogen-bond acceptors (Lipinski definition) is 6. The van der Waals surface area contributed by atoms with E-state index in [1.165, 1.54) is 28.7 Å². The fraction of sp³-hybridized carbons (Fsp3) is 0.286. The average Bonchev–Trinajstić information content (AvgIpc) is 3.17. The highest BCUT2D eigenvalue weighted by atomic mass is 32.2. The van der Waals surface area contributed by atoms with Gasteiger partial charge in [-0.05, 0) is 38.0 Å². The maximum absolute atomic E-state index is 12.9. The minimum Gasteiger partial charge on any atom is -0.360 e. The van der Waals surface area contributed by atoms with Crippen LogP contribution in [-0.4, -0.2) is 34.4 Å². The highest BCUT2D eigenvalue weighted by Gasteiger charge is 2.23. The molecule has 1 heterocycles. The molecule has 1 amide bonds. The number of nitrogens with one attached hydrogen (secondary N) is 1. The Morgan fingerprint density at radius 2 is 1.79 bits per heavy atom. The van der Waals surface area contributed by atoms with Gasteiger partial charge in [0.2, 0.25) is 11.0 Å². The molecule has 1 unspecified atom stereocenters. The number of nitrogens with zero attached hydrogens (tertiary/aromatic N) is 3. The van der Waals surface area contributed by atoms with E-state index in [9.17, 15) is 4.79 Å². The van der Waals surface area contributed by atoms with E-state index in [1.54, 1.807) is 4.90 Å². The van der Waals surface area contributed by atoms with Crippen molar-refractivity contribution in [3.63, 3.8) is 0 Å². The van der Waals surface area contributed by atoms with E-state index in [-0.39, 0.29) is 11.2 Å². The largest absolute Gasteiger partial charge is 0.360 e. The molecule has 146 valence electrons. The zero-order chi connectivity index (χ0) is 19.8. The lowest BCUT2D eigenvalue weighted by molar-refractivity contribution is -0.117. The van der Waals surface area contributed by atoms with Crippen LogP contribution in [0.5, 0.6) is 0 Å². The minimum absolute atomic E-state index is 0.0764. The van der Waals surface area contributed by atoms with Gasteiger partial charge in [0.15, 0.2) is 4.34 Å². The van der Waals surface area contributed by atoms with Gasteiger partial charge in [0, 0.05) is 18.8 Å². The van der Waals surface area contributed by atoms with E-state index in [1.807, 2.05) is 62.4 Å². The Kier molecular flexibility index (Phi) is 7.45. The number of rotatable bonds is 9. The highest BCUT2D eigenvalue weighted by molar-refractivity contribution is 8.02. The van der Waals surface area contributed by atoms with Crippen LogP contribution in [0.4, 0.5) is 10.8 Å². The number of anilines is 2. The predicted octanol–water partition coefficient (Wildman–Crippen LogP) is 4.73. The predicted molar refractivity (Wildman–Crippen MR) is 118 cm³/mol. The van der Waals surface area contributed by atoms with Gasteiger partial charge in [-0.15, -0.1) is 10.2 Å². The lowest BCUT2D eigenvalue weighted by Gasteiger charge is -2.23. The van der Waals surface area contributed by atoms with Crippen LogP contribution < -0.4 is 10.2 Å². The van der Waals surface area contributed by atoms with Crippen LogP contribution in [0, 0.1) is 0 Å². The van der Waals surface area contributed by atoms with Crippen LogP contribution in [0.3, 0.4) is 0 Å². The second-order valence-corrected chi connectivity index (χ2v) is 8.78. The molecule has 0 radical (unpaired) electrons. The molecule has 0 saturated carbocycles. The Morgan fingerprint density at radius 1 is 1.11 bits per heavy atom. The van der Waals surface area contributed by atoms with Gasteiger partial charge in [-0.2, -0.15) is 0 Å². The van der Waals surface area contributed by atoms with Gasteiger partial charge in [-0.25, -0.2) is 0 Å². The molecule has 0 aliphatic heterocycles. The van der Waals surface area contributed by atoms with Crippen molar-refractivity contribution >= 4 is 39.8 Å². The van der Waals surface area contributed by atoms with Crippen molar-refractivity contribution in [3.8, 4) is 0 Å². The van der Waals surface area contributed by atoms with Crippen molar-refractivity contribution < 1.29 is 4.79 Å². The van der Waals surface area contributed by atoms with Crippen molar-refractivity contribution in [2.45, 2.75) is 29.9 Å². The molecular weight excluding hydrogens is 388 g/mol. The number of carbonyl (C=O) groups is 1. The van der Waals surface area contributed by atoms with E-state index in [0.717, 1.165) is 28.1 Å². The van der Waals surface area contributed by atoms with E-state index in [2.05, 4.69) is 27.6 Å². The van der Waals surface area contributed by atoms with Crippen LogP contribution in [0.1, 0.15) is 19.4 Å². The first-order valence-electron chi connectivity index (χ1n) is 9.31. The monoisotopic (exact) mass is 412 g/mol. The summed E-state index contributed by atoms with van der Waals surface area (Å²) < 4.78 is 0.798. The average molecular weight is 413 g/mol. The Hall–Kier alpha value is -2.38. The topological polar surface area (TPSA) is 58.1 Å². The van der Waals surface area contributed by atoms with Crippen LogP contribution >= 0.6 is 23.1 Å². The molecule has 2 aromatic carbocycles. The molecule has 5 nitrogen and oxygen atoms in total. The normalized spacial score (nSPS) is 11.8. The van der Waals surface area contributed by atoms with Crippen molar-refractivity contribution in [2.75, 3.05) is 23.3 Å². The summed E-state index contributed by atoms with van der Waals surface area (Å²) in [5, 5.41) is 12.3. The summed E-state index contributed by atoms with van der Waals surface area (Å²) in [6.07, 6.45) is 0.931. The Bertz CT molecular complexity index is 870. The number of benzene rings is 2. The van der Waals surface area contributed by atoms with Crippen LogP contribution in [0.15, 0.2) is 65.0 Å². The number of para-hydroxylation sites is 1. The Labute approximate surface area is 174 Å². The second-order valence-electron chi connectivity index (χ2n) is 6.21. The highest BCUT2D eigenvalue weighted by Crippen LogP contribution is 2.30. The molecule has 0 saturated heterocycles. The molecule has 28 heavy (non-hydrogen) atoms. The number of amides is 1. The maximum Gasteiger partial charge on any atom is 0.240 e. The van der Waals surface area contributed by atoms with E-state index in [4.69, 9.17) is 0 Å². The van der Waals surface area contributed by atoms with Gasteiger partial charge >= 0.3 is 0 Å². The quantitative estimate of drug-likeness (QED) is 0.515. The molecule has 3 aromatic rings. The summed E-state index contributed by atoms with van der Waals surface area (Å²) in [5.41, 5.74) is 2.21. The van der Waals surface area contributed by atoms with Crippen molar-refractivity contribution in [1.82, 2.24) is 10.2 Å². The Morgan fingerprint density at radius 3 is 2.46 bits per heavy atom. The molecule has 7 heteroatoms. The van der Waals surface area contributed by atoms with Gasteiger partial charge < -0.3 is 10.2 Å². The van der Waals surface area contributed by atoms with Crippen LogP contribution in [0.25, 0.3) is 0 Å². The first-order chi connectivity index (χ1) is 13.7. The Balaban J connectivity index is 1.52. The molecule has 0 fully saturated rings. The molecule has 1 N–H and O–H groups in total. The third-order valence-electron chi connectivity index (χ3n) is 4.21. The number of carbonyl (C=O) groups excluding carboxylic acids is 1. The molecular formula is C21H24N4OS2. The third-order valence-corrected chi connectivity index (χ3v) is 6.27. The number of hydrogen-bond donors (Lipinski definition) is 1. The fourth-order valence-electron chi connectivity index (χ4n) is 2.78. The molecule has 1 atom stereocenters. The molecule has 0 aliphatic carbocycles. The van der Waals surface area contributed by atoms with E-state index >= 15 is 0 Å². The van der Waals surface area contributed by atoms with Crippen molar-refractivity contribution in [1.29, 1.82) is 0 Å². The van der Waals surface area contributed by atoms with Crippen molar-refractivity contribution in [3.05, 3.63) is 66.2 Å². The molecule has 0 aliphatic rings. The van der Waals surface area contributed by atoms with Crippen LogP contribution in [0.2, 0.25) is 0 Å². The van der Waals surface area contributed by atoms with E-state index in [0.29, 0.717) is 6.54 Å². The zero-order valence-electron chi connectivity index (χ0n) is 16.0. The van der Waals surface area contributed by atoms with Crippen molar-refractivity contribution in [2.24, 2.45) is 0 Å². The second kappa shape index (κ2) is 10.2. The lowest BCUT2D eigenvalue weighted by atomic mass is 10.2. The SMILES string of the molecule is CCN(C(=O)C(C)Sc1nnc(NCCc2ccccc2)s1)c1ccccc1. The van der Waals surface area contributed by atoms with E-state index < -0.39 is 0 Å². The lowest BCUT2D eigenvalue weighted by Crippen LogP contribution is -2.36. The van der Waals surface area contributed by atoms with Gasteiger partial charge in [-0.1, -0.05) is 71.6 Å². The van der Waals surface area contributed by atoms with Crippen LogP contribution in [-0.2, 0) is 11.2 Å². The van der Waals surface area contributed by atoms with Gasteiger partial charge in [0.25, 0.3) is 0 Å². The summed E-state index contributed by atoms with van der Waals surface area (Å²) in [5.74, 6) is 0.0764. The van der Waals surface area contributed by atoms with Gasteiger partial charge in [0.1, 0.15) is 0 Å². The third kappa shape index (κ3) is 5.56. The summed E-state index contributed by atoms with van der Waals surface area (Å²) in [4.78, 5) is 14.7. The summed E-state index contributed by atoms with van der Waals surface area (Å²) in [6.45, 7) is 5.34. The minimum atomic E-state index is -0.231.